The van der Waals surface area contributed by atoms with Crippen molar-refractivity contribution in [2.24, 2.45) is 0 Å². The number of benzene rings is 2. The summed E-state index contributed by atoms with van der Waals surface area (Å²) >= 11 is 11.4. The van der Waals surface area contributed by atoms with E-state index in [1.165, 1.54) is 0 Å². The molecule has 0 fully saturated rings. The van der Waals surface area contributed by atoms with Gasteiger partial charge in [0.15, 0.2) is 0 Å². The first kappa shape index (κ1) is 15.2. The normalized spacial score (nSPS) is 12.5. The van der Waals surface area contributed by atoms with Gasteiger partial charge in [0.25, 0.3) is 0 Å². The number of nitrogens with one attached hydrogen (secondary N) is 1. The van der Waals surface area contributed by atoms with E-state index in [2.05, 4.69) is 43.8 Å². The summed E-state index contributed by atoms with van der Waals surface area (Å²) in [4.78, 5) is 0. The Kier molecular flexibility index (Phi) is 5.22. The standard InChI is InChI=1S/C14H11BrClFIN/c1-19-14(8-4-2-3-5-11(8)18)9-6-7-10(15)12(16)13(9)17/h2-7,14,19H,1H3. The summed E-state index contributed by atoms with van der Waals surface area (Å²) < 4.78 is 16.0. The summed E-state index contributed by atoms with van der Waals surface area (Å²) in [5, 5.41) is 3.26. The van der Waals surface area contributed by atoms with Crippen LogP contribution in [0.2, 0.25) is 5.02 Å². The Bertz CT molecular complexity index is 606. The molecular weight excluding hydrogens is 443 g/mol. The molecule has 5 heteroatoms. The van der Waals surface area contributed by atoms with Gasteiger partial charge in [-0.2, -0.15) is 0 Å². The maximum absolute atomic E-state index is 14.3. The first-order chi connectivity index (χ1) is 9.06. The van der Waals surface area contributed by atoms with Gasteiger partial charge in [-0.3, -0.25) is 0 Å². The van der Waals surface area contributed by atoms with Crippen LogP contribution in [0.3, 0.4) is 0 Å². The average molecular weight is 455 g/mol. The SMILES string of the molecule is CNC(c1ccccc1I)c1ccc(Br)c(Cl)c1F. The van der Waals surface area contributed by atoms with Gasteiger partial charge < -0.3 is 5.32 Å². The van der Waals surface area contributed by atoms with Gasteiger partial charge in [0.05, 0.1) is 11.1 Å². The molecule has 0 bridgehead atoms. The van der Waals surface area contributed by atoms with E-state index < -0.39 is 5.82 Å². The van der Waals surface area contributed by atoms with E-state index >= 15 is 0 Å². The third kappa shape index (κ3) is 3.12. The molecule has 100 valence electrons. The lowest BCUT2D eigenvalue weighted by Gasteiger charge is -2.20. The summed E-state index contributed by atoms with van der Waals surface area (Å²) in [5.41, 5.74) is 1.57. The van der Waals surface area contributed by atoms with E-state index in [1.54, 1.807) is 12.1 Å². The molecule has 1 atom stereocenters. The molecule has 2 rings (SSSR count). The van der Waals surface area contributed by atoms with Crippen LogP contribution in [0.4, 0.5) is 4.39 Å². The van der Waals surface area contributed by atoms with Gasteiger partial charge in [0.1, 0.15) is 5.82 Å². The van der Waals surface area contributed by atoms with Gasteiger partial charge in [-0.25, -0.2) is 4.39 Å². The summed E-state index contributed by atoms with van der Waals surface area (Å²) in [6, 6.07) is 11.2. The highest BCUT2D eigenvalue weighted by Crippen LogP contribution is 2.33. The largest absolute Gasteiger partial charge is 0.309 e. The molecule has 1 unspecified atom stereocenters. The van der Waals surface area contributed by atoms with Gasteiger partial charge in [0, 0.05) is 13.6 Å². The Labute approximate surface area is 138 Å². The zero-order valence-electron chi connectivity index (χ0n) is 10.1. The van der Waals surface area contributed by atoms with Crippen molar-refractivity contribution < 1.29 is 4.39 Å². The minimum absolute atomic E-state index is 0.115. The summed E-state index contributed by atoms with van der Waals surface area (Å²) in [6.45, 7) is 0. The molecule has 0 aliphatic carbocycles. The molecule has 19 heavy (non-hydrogen) atoms. The lowest BCUT2D eigenvalue weighted by atomic mass is 9.98. The molecule has 0 heterocycles. The highest BCUT2D eigenvalue weighted by atomic mass is 127. The van der Waals surface area contributed by atoms with E-state index in [1.807, 2.05) is 31.3 Å². The van der Waals surface area contributed by atoms with Crippen molar-refractivity contribution >= 4 is 50.1 Å². The third-order valence-electron chi connectivity index (χ3n) is 2.88. The van der Waals surface area contributed by atoms with Crippen LogP contribution < -0.4 is 5.32 Å². The third-order valence-corrected chi connectivity index (χ3v) is 5.12. The second kappa shape index (κ2) is 6.52. The van der Waals surface area contributed by atoms with E-state index in [-0.39, 0.29) is 11.1 Å². The van der Waals surface area contributed by atoms with Crippen LogP contribution in [0, 0.1) is 9.39 Å². The van der Waals surface area contributed by atoms with Gasteiger partial charge in [-0.1, -0.05) is 35.9 Å². The number of rotatable bonds is 3. The van der Waals surface area contributed by atoms with Crippen molar-refractivity contribution in [1.29, 1.82) is 0 Å². The molecule has 0 aliphatic heterocycles. The van der Waals surface area contributed by atoms with Gasteiger partial charge >= 0.3 is 0 Å². The molecule has 2 aromatic carbocycles. The van der Waals surface area contributed by atoms with E-state index in [9.17, 15) is 4.39 Å². The molecule has 0 aliphatic rings. The van der Waals surface area contributed by atoms with E-state index in [0.29, 0.717) is 10.0 Å². The van der Waals surface area contributed by atoms with Gasteiger partial charge in [0.2, 0.25) is 0 Å². The Morgan fingerprint density at radius 1 is 1.21 bits per heavy atom. The maximum Gasteiger partial charge on any atom is 0.148 e. The van der Waals surface area contributed by atoms with E-state index in [0.717, 1.165) is 9.13 Å². The highest BCUT2D eigenvalue weighted by Gasteiger charge is 2.20. The Morgan fingerprint density at radius 2 is 1.89 bits per heavy atom. The second-order valence-electron chi connectivity index (χ2n) is 4.01. The first-order valence-corrected chi connectivity index (χ1v) is 7.86. The zero-order valence-corrected chi connectivity index (χ0v) is 14.6. The van der Waals surface area contributed by atoms with Crippen LogP contribution in [0.25, 0.3) is 0 Å². The van der Waals surface area contributed by atoms with Gasteiger partial charge in [-0.05, 0) is 63.3 Å². The fourth-order valence-corrected chi connectivity index (χ4v) is 3.13. The fraction of sp³-hybridized carbons (Fsp3) is 0.143. The smallest absolute Gasteiger partial charge is 0.148 e. The topological polar surface area (TPSA) is 12.0 Å². The fourth-order valence-electron chi connectivity index (χ4n) is 1.95. The first-order valence-electron chi connectivity index (χ1n) is 5.61. The number of hydrogen-bond acceptors (Lipinski definition) is 1. The molecule has 2 aromatic rings. The number of halogens is 4. The molecule has 0 amide bonds. The minimum Gasteiger partial charge on any atom is -0.309 e. The highest BCUT2D eigenvalue weighted by molar-refractivity contribution is 14.1. The lowest BCUT2D eigenvalue weighted by Crippen LogP contribution is -2.20. The van der Waals surface area contributed by atoms with Gasteiger partial charge in [-0.15, -0.1) is 0 Å². The summed E-state index contributed by atoms with van der Waals surface area (Å²) in [5.74, 6) is -0.393. The average Bonchev–Trinajstić information content (AvgIpc) is 2.41. The monoisotopic (exact) mass is 453 g/mol. The molecule has 1 N–H and O–H groups in total. The molecule has 0 radical (unpaired) electrons. The van der Waals surface area contributed by atoms with Crippen molar-refractivity contribution in [2.45, 2.75) is 6.04 Å². The Hall–Kier alpha value is -0.170. The van der Waals surface area contributed by atoms with Crippen molar-refractivity contribution in [2.75, 3.05) is 7.05 Å². The van der Waals surface area contributed by atoms with Crippen LogP contribution in [0.1, 0.15) is 17.2 Å². The summed E-state index contributed by atoms with van der Waals surface area (Å²) in [7, 11) is 1.81. The second-order valence-corrected chi connectivity index (χ2v) is 6.40. The Morgan fingerprint density at radius 3 is 2.53 bits per heavy atom. The molecule has 0 spiro atoms. The maximum atomic E-state index is 14.3. The molecular formula is C14H11BrClFIN. The lowest BCUT2D eigenvalue weighted by molar-refractivity contribution is 0.575. The molecule has 0 aromatic heterocycles. The van der Waals surface area contributed by atoms with Crippen molar-refractivity contribution in [1.82, 2.24) is 5.32 Å². The molecule has 0 saturated heterocycles. The predicted molar refractivity (Wildman–Crippen MR) is 89.2 cm³/mol. The van der Waals surface area contributed by atoms with Crippen LogP contribution in [-0.2, 0) is 0 Å². The van der Waals surface area contributed by atoms with Crippen LogP contribution in [0.15, 0.2) is 40.9 Å². The zero-order chi connectivity index (χ0) is 14.0. The number of hydrogen-bond donors (Lipinski definition) is 1. The van der Waals surface area contributed by atoms with Crippen molar-refractivity contribution in [3.63, 3.8) is 0 Å². The van der Waals surface area contributed by atoms with Crippen LogP contribution in [0.5, 0.6) is 0 Å². The Balaban J connectivity index is 2.55. The van der Waals surface area contributed by atoms with E-state index in [4.69, 9.17) is 11.6 Å². The minimum atomic E-state index is -0.393. The quantitative estimate of drug-likeness (QED) is 0.499. The van der Waals surface area contributed by atoms with Crippen molar-refractivity contribution in [3.05, 3.63) is 66.4 Å². The molecule has 0 saturated carbocycles. The molecule has 1 nitrogen and oxygen atoms in total. The predicted octanol–water partition coefficient (Wildman–Crippen LogP) is 5.16. The van der Waals surface area contributed by atoms with Crippen LogP contribution >= 0.6 is 50.1 Å². The van der Waals surface area contributed by atoms with Crippen molar-refractivity contribution in [3.8, 4) is 0 Å². The van der Waals surface area contributed by atoms with Crippen LogP contribution in [-0.4, -0.2) is 7.05 Å². The summed E-state index contributed by atoms with van der Waals surface area (Å²) in [6.07, 6.45) is 0.